The molecule has 1 N–H and O–H groups in total. The maximum Gasteiger partial charge on any atom is 0.276 e. The molecule has 0 aliphatic carbocycles. The van der Waals surface area contributed by atoms with E-state index in [0.717, 1.165) is 18.0 Å². The number of rotatable bonds is 6. The van der Waals surface area contributed by atoms with Gasteiger partial charge in [0, 0.05) is 44.1 Å². The van der Waals surface area contributed by atoms with E-state index in [1.54, 1.807) is 23.1 Å². The van der Waals surface area contributed by atoms with Gasteiger partial charge in [-0.1, -0.05) is 37.2 Å². The van der Waals surface area contributed by atoms with Crippen LogP contribution >= 0.6 is 0 Å². The number of carbonyl (C=O) groups excluding carboxylic acids is 2. The van der Waals surface area contributed by atoms with Gasteiger partial charge in [-0.15, -0.1) is 10.2 Å². The van der Waals surface area contributed by atoms with Crippen LogP contribution < -0.4 is 5.32 Å². The molecule has 1 aliphatic rings. The van der Waals surface area contributed by atoms with E-state index in [1.807, 2.05) is 22.8 Å². The molecule has 162 valence electrons. The van der Waals surface area contributed by atoms with Crippen molar-refractivity contribution in [3.63, 3.8) is 0 Å². The van der Waals surface area contributed by atoms with Crippen molar-refractivity contribution in [2.75, 3.05) is 13.1 Å². The first-order chi connectivity index (χ1) is 15.0. The number of nitrogens with one attached hydrogen (secondary N) is 1. The van der Waals surface area contributed by atoms with Gasteiger partial charge in [0.2, 0.25) is 0 Å². The first kappa shape index (κ1) is 20.8. The van der Waals surface area contributed by atoms with E-state index in [0.29, 0.717) is 49.1 Å². The molecule has 2 amide bonds. The Labute approximate surface area is 180 Å². The first-order valence-electron chi connectivity index (χ1n) is 10.5. The molecule has 0 saturated carbocycles. The molecular weight excluding hydrogens is 396 g/mol. The minimum Gasteiger partial charge on any atom is -0.361 e. The lowest BCUT2D eigenvalue weighted by atomic mass is 10.1. The lowest BCUT2D eigenvalue weighted by Crippen LogP contribution is -2.34. The van der Waals surface area contributed by atoms with E-state index in [4.69, 9.17) is 4.52 Å². The zero-order valence-corrected chi connectivity index (χ0v) is 17.7. The minimum absolute atomic E-state index is 0.142. The van der Waals surface area contributed by atoms with Gasteiger partial charge in [0.1, 0.15) is 11.6 Å². The highest BCUT2D eigenvalue weighted by Crippen LogP contribution is 2.15. The van der Waals surface area contributed by atoms with Gasteiger partial charge in [-0.3, -0.25) is 9.59 Å². The topological polar surface area (TPSA) is 106 Å². The number of hydrogen-bond donors (Lipinski definition) is 1. The fraction of sp³-hybridized carbons (Fsp3) is 0.409. The summed E-state index contributed by atoms with van der Waals surface area (Å²) in [7, 11) is 0. The second kappa shape index (κ2) is 9.11. The quantitative estimate of drug-likeness (QED) is 0.652. The van der Waals surface area contributed by atoms with Crippen LogP contribution in [0.3, 0.4) is 0 Å². The van der Waals surface area contributed by atoms with Gasteiger partial charge in [0.15, 0.2) is 11.5 Å². The Bertz CT molecular complexity index is 1060. The predicted molar refractivity (Wildman–Crippen MR) is 112 cm³/mol. The molecule has 0 radical (unpaired) electrons. The summed E-state index contributed by atoms with van der Waals surface area (Å²) in [6.07, 6.45) is 1.33. The second-order valence-corrected chi connectivity index (χ2v) is 8.05. The zero-order chi connectivity index (χ0) is 21.8. The Morgan fingerprint density at radius 1 is 1.13 bits per heavy atom. The maximum absolute atomic E-state index is 12.9. The van der Waals surface area contributed by atoms with Gasteiger partial charge >= 0.3 is 0 Å². The molecular formula is C22H26N6O3. The zero-order valence-electron chi connectivity index (χ0n) is 17.7. The third-order valence-electron chi connectivity index (χ3n) is 5.22. The lowest BCUT2D eigenvalue weighted by molar-refractivity contribution is 0.0748. The van der Waals surface area contributed by atoms with Crippen molar-refractivity contribution in [3.8, 4) is 0 Å². The highest BCUT2D eigenvalue weighted by molar-refractivity contribution is 5.94. The van der Waals surface area contributed by atoms with Gasteiger partial charge in [-0.05, 0) is 18.1 Å². The van der Waals surface area contributed by atoms with Crippen molar-refractivity contribution in [2.24, 2.45) is 5.92 Å². The number of hydrogen-bond acceptors (Lipinski definition) is 6. The van der Waals surface area contributed by atoms with Crippen LogP contribution in [0.4, 0.5) is 0 Å². The maximum atomic E-state index is 12.9. The first-order valence-corrected chi connectivity index (χ1v) is 10.5. The van der Waals surface area contributed by atoms with Crippen LogP contribution in [0.1, 0.15) is 52.1 Å². The van der Waals surface area contributed by atoms with Crippen LogP contribution in [-0.4, -0.2) is 49.7 Å². The van der Waals surface area contributed by atoms with Crippen molar-refractivity contribution in [1.29, 1.82) is 0 Å². The average Bonchev–Trinajstić information content (AvgIpc) is 3.33. The van der Waals surface area contributed by atoms with Crippen LogP contribution in [0.2, 0.25) is 0 Å². The fourth-order valence-corrected chi connectivity index (χ4v) is 3.64. The third-order valence-corrected chi connectivity index (χ3v) is 5.22. The summed E-state index contributed by atoms with van der Waals surface area (Å²) in [4.78, 5) is 27.0. The van der Waals surface area contributed by atoms with Gasteiger partial charge in [0.25, 0.3) is 11.8 Å². The summed E-state index contributed by atoms with van der Waals surface area (Å²) >= 11 is 0. The van der Waals surface area contributed by atoms with Crippen LogP contribution in [0.25, 0.3) is 0 Å². The Kier molecular flexibility index (Phi) is 6.11. The number of nitrogens with zero attached hydrogens (tertiary/aromatic N) is 5. The Hall–Kier alpha value is -3.49. The Morgan fingerprint density at radius 2 is 1.94 bits per heavy atom. The van der Waals surface area contributed by atoms with Crippen molar-refractivity contribution < 1.29 is 14.1 Å². The molecule has 2 aromatic heterocycles. The van der Waals surface area contributed by atoms with Gasteiger partial charge in [0.05, 0.1) is 6.54 Å². The summed E-state index contributed by atoms with van der Waals surface area (Å²) in [5, 5.41) is 15.3. The molecule has 0 atom stereocenters. The molecule has 9 nitrogen and oxygen atoms in total. The normalized spacial score (nSPS) is 13.7. The Morgan fingerprint density at radius 3 is 2.71 bits per heavy atom. The SMILES string of the molecule is CC(C)Cc1cc(C(=O)N2CCc3nnc(CNC(=O)c4ccccc4)n3CC2)no1. The molecule has 1 aromatic carbocycles. The highest BCUT2D eigenvalue weighted by atomic mass is 16.5. The molecule has 0 saturated heterocycles. The molecule has 0 bridgehead atoms. The van der Waals surface area contributed by atoms with E-state index in [9.17, 15) is 9.59 Å². The molecule has 0 fully saturated rings. The smallest absolute Gasteiger partial charge is 0.276 e. The Balaban J connectivity index is 1.38. The standard InChI is InChI=1S/C22H26N6O3/c1-15(2)12-17-13-18(26-31-17)22(30)27-9-8-19-24-25-20(28(19)11-10-27)14-23-21(29)16-6-4-3-5-7-16/h3-7,13,15H,8-12,14H2,1-2H3,(H,23,29). The summed E-state index contributed by atoms with van der Waals surface area (Å²) in [6.45, 7) is 6.05. The van der Waals surface area contributed by atoms with Crippen molar-refractivity contribution in [1.82, 2.24) is 30.1 Å². The van der Waals surface area contributed by atoms with E-state index < -0.39 is 0 Å². The molecule has 3 heterocycles. The van der Waals surface area contributed by atoms with Crippen LogP contribution in [0.15, 0.2) is 40.9 Å². The summed E-state index contributed by atoms with van der Waals surface area (Å²) in [5.74, 6) is 2.33. The molecule has 0 spiro atoms. The number of fused-ring (bicyclic) bond motifs is 1. The molecule has 0 unspecified atom stereocenters. The number of amides is 2. The van der Waals surface area contributed by atoms with E-state index in [2.05, 4.69) is 34.5 Å². The average molecular weight is 422 g/mol. The van der Waals surface area contributed by atoms with E-state index in [-0.39, 0.29) is 18.4 Å². The van der Waals surface area contributed by atoms with Crippen molar-refractivity contribution >= 4 is 11.8 Å². The third kappa shape index (κ3) is 4.82. The van der Waals surface area contributed by atoms with Crippen molar-refractivity contribution in [3.05, 3.63) is 65.1 Å². The van der Waals surface area contributed by atoms with Crippen LogP contribution in [0.5, 0.6) is 0 Å². The van der Waals surface area contributed by atoms with Gasteiger partial charge in [-0.25, -0.2) is 0 Å². The number of carbonyl (C=O) groups is 2. The molecule has 31 heavy (non-hydrogen) atoms. The summed E-state index contributed by atoms with van der Waals surface area (Å²) in [6, 6.07) is 10.8. The number of benzene rings is 1. The molecule has 9 heteroatoms. The molecule has 1 aliphatic heterocycles. The second-order valence-electron chi connectivity index (χ2n) is 8.05. The van der Waals surface area contributed by atoms with Crippen LogP contribution in [0, 0.1) is 5.92 Å². The molecule has 3 aromatic rings. The van der Waals surface area contributed by atoms with Crippen LogP contribution in [-0.2, 0) is 25.9 Å². The predicted octanol–water partition coefficient (Wildman–Crippen LogP) is 2.09. The van der Waals surface area contributed by atoms with Gasteiger partial charge < -0.3 is 19.3 Å². The van der Waals surface area contributed by atoms with Crippen molar-refractivity contribution in [2.45, 2.75) is 39.8 Å². The molecule has 4 rings (SSSR count). The number of aromatic nitrogens is 4. The largest absolute Gasteiger partial charge is 0.361 e. The fourth-order valence-electron chi connectivity index (χ4n) is 3.64. The van der Waals surface area contributed by atoms with E-state index in [1.165, 1.54) is 0 Å². The lowest BCUT2D eigenvalue weighted by Gasteiger charge is -2.18. The van der Waals surface area contributed by atoms with E-state index >= 15 is 0 Å². The minimum atomic E-state index is -0.161. The van der Waals surface area contributed by atoms with Gasteiger partial charge in [-0.2, -0.15) is 0 Å². The highest BCUT2D eigenvalue weighted by Gasteiger charge is 2.25. The monoisotopic (exact) mass is 422 g/mol. The summed E-state index contributed by atoms with van der Waals surface area (Å²) in [5.41, 5.74) is 0.933. The summed E-state index contributed by atoms with van der Waals surface area (Å²) < 4.78 is 7.29.